The highest BCUT2D eigenvalue weighted by molar-refractivity contribution is 6.30. The normalized spacial score (nSPS) is 10.3. The van der Waals surface area contributed by atoms with Gasteiger partial charge in [-0.15, -0.1) is 0 Å². The van der Waals surface area contributed by atoms with Gasteiger partial charge in [0, 0.05) is 5.02 Å². The first-order valence-electron chi connectivity index (χ1n) is 4.17. The molecular formula is C10H6ClFN2O. The third kappa shape index (κ3) is 1.76. The second-order valence-corrected chi connectivity index (χ2v) is 3.33. The van der Waals surface area contributed by atoms with Gasteiger partial charge in [-0.05, 0) is 24.3 Å². The molecule has 0 bridgehead atoms. The minimum atomic E-state index is -0.674. The van der Waals surface area contributed by atoms with Crippen LogP contribution in [-0.2, 0) is 0 Å². The zero-order valence-electron chi connectivity index (χ0n) is 7.52. The van der Waals surface area contributed by atoms with Crippen LogP contribution >= 0.6 is 11.6 Å². The lowest BCUT2D eigenvalue weighted by Gasteiger charge is -2.01. The molecule has 0 atom stereocenters. The van der Waals surface area contributed by atoms with E-state index in [1.165, 1.54) is 6.20 Å². The highest BCUT2D eigenvalue weighted by Gasteiger charge is 2.10. The molecule has 0 fully saturated rings. The maximum Gasteiger partial charge on any atom is 0.226 e. The number of nitrogens with zero attached hydrogens (tertiary/aromatic N) is 2. The van der Waals surface area contributed by atoms with Gasteiger partial charge in [0.25, 0.3) is 0 Å². The Bertz CT molecular complexity index is 493. The van der Waals surface area contributed by atoms with E-state index in [0.29, 0.717) is 17.0 Å². The molecule has 2 rings (SSSR count). The van der Waals surface area contributed by atoms with Crippen molar-refractivity contribution in [3.8, 4) is 5.69 Å². The van der Waals surface area contributed by atoms with Gasteiger partial charge < -0.3 is 0 Å². The number of aromatic nitrogens is 2. The van der Waals surface area contributed by atoms with Crippen LogP contribution in [0, 0.1) is 5.95 Å². The summed E-state index contributed by atoms with van der Waals surface area (Å²) >= 11 is 5.69. The van der Waals surface area contributed by atoms with Gasteiger partial charge in [0.15, 0.2) is 6.29 Å². The number of hydrogen-bond donors (Lipinski definition) is 0. The topological polar surface area (TPSA) is 34.9 Å². The molecule has 5 heteroatoms. The monoisotopic (exact) mass is 224 g/mol. The molecule has 0 aliphatic heterocycles. The van der Waals surface area contributed by atoms with Crippen molar-refractivity contribution in [1.29, 1.82) is 0 Å². The maximum atomic E-state index is 13.5. The van der Waals surface area contributed by atoms with Gasteiger partial charge in [0.2, 0.25) is 5.95 Å². The Morgan fingerprint density at radius 2 is 2.00 bits per heavy atom. The van der Waals surface area contributed by atoms with Crippen molar-refractivity contribution in [3.05, 3.63) is 47.0 Å². The van der Waals surface area contributed by atoms with Gasteiger partial charge in [-0.25, -0.2) is 4.68 Å². The van der Waals surface area contributed by atoms with Crippen molar-refractivity contribution in [2.24, 2.45) is 0 Å². The van der Waals surface area contributed by atoms with Gasteiger partial charge in [-0.1, -0.05) is 11.6 Å². The SMILES string of the molecule is O=Cc1cnn(-c2ccc(Cl)cc2)c1F. The average Bonchev–Trinajstić information content (AvgIpc) is 2.61. The fourth-order valence-electron chi connectivity index (χ4n) is 1.19. The van der Waals surface area contributed by atoms with Crippen LogP contribution in [0.1, 0.15) is 10.4 Å². The third-order valence-electron chi connectivity index (χ3n) is 1.93. The molecule has 0 saturated heterocycles. The maximum absolute atomic E-state index is 13.5. The van der Waals surface area contributed by atoms with Crippen molar-refractivity contribution in [2.45, 2.75) is 0 Å². The molecule has 0 N–H and O–H groups in total. The van der Waals surface area contributed by atoms with E-state index < -0.39 is 5.95 Å². The molecule has 0 aliphatic rings. The summed E-state index contributed by atoms with van der Waals surface area (Å²) in [6.45, 7) is 0. The highest BCUT2D eigenvalue weighted by atomic mass is 35.5. The number of rotatable bonds is 2. The van der Waals surface area contributed by atoms with E-state index in [9.17, 15) is 9.18 Å². The van der Waals surface area contributed by atoms with Crippen LogP contribution in [0.25, 0.3) is 5.69 Å². The molecule has 15 heavy (non-hydrogen) atoms. The van der Waals surface area contributed by atoms with Gasteiger partial charge in [-0.3, -0.25) is 4.79 Å². The average molecular weight is 225 g/mol. The predicted octanol–water partition coefficient (Wildman–Crippen LogP) is 2.48. The Labute approximate surface area is 90.1 Å². The Balaban J connectivity index is 2.49. The van der Waals surface area contributed by atoms with Crippen molar-refractivity contribution < 1.29 is 9.18 Å². The molecule has 0 amide bonds. The number of aldehydes is 1. The lowest BCUT2D eigenvalue weighted by atomic mass is 10.3. The molecule has 0 radical (unpaired) electrons. The zero-order chi connectivity index (χ0) is 10.8. The molecule has 1 aromatic heterocycles. The molecule has 0 aliphatic carbocycles. The first kappa shape index (κ1) is 9.86. The largest absolute Gasteiger partial charge is 0.298 e. The second kappa shape index (κ2) is 3.82. The number of halogens is 2. The van der Waals surface area contributed by atoms with Crippen LogP contribution in [0.2, 0.25) is 5.02 Å². The molecule has 0 spiro atoms. The third-order valence-corrected chi connectivity index (χ3v) is 2.19. The van der Waals surface area contributed by atoms with Gasteiger partial charge >= 0.3 is 0 Å². The number of hydrogen-bond acceptors (Lipinski definition) is 2. The smallest absolute Gasteiger partial charge is 0.226 e. The zero-order valence-corrected chi connectivity index (χ0v) is 8.28. The summed E-state index contributed by atoms with van der Waals surface area (Å²) in [5, 5.41) is 4.31. The highest BCUT2D eigenvalue weighted by Crippen LogP contribution is 2.15. The summed E-state index contributed by atoms with van der Waals surface area (Å²) in [5.74, 6) is -0.674. The molecule has 0 unspecified atom stereocenters. The standard InChI is InChI=1S/C10H6ClFN2O/c11-8-1-3-9(4-2-8)14-10(12)7(6-15)5-13-14/h1-6H. The van der Waals surface area contributed by atoms with Crippen LogP contribution in [-0.4, -0.2) is 16.1 Å². The van der Waals surface area contributed by atoms with E-state index in [1.807, 2.05) is 0 Å². The van der Waals surface area contributed by atoms with Crippen LogP contribution < -0.4 is 0 Å². The van der Waals surface area contributed by atoms with Crippen LogP contribution in [0.3, 0.4) is 0 Å². The van der Waals surface area contributed by atoms with E-state index in [2.05, 4.69) is 5.10 Å². The van der Waals surface area contributed by atoms with Gasteiger partial charge in [0.1, 0.15) is 0 Å². The molecule has 1 aromatic carbocycles. The quantitative estimate of drug-likeness (QED) is 0.735. The minimum absolute atomic E-state index is 0.0649. The van der Waals surface area contributed by atoms with Gasteiger partial charge in [-0.2, -0.15) is 9.49 Å². The molecule has 0 saturated carbocycles. The van der Waals surface area contributed by atoms with E-state index >= 15 is 0 Å². The number of benzene rings is 1. The summed E-state index contributed by atoms with van der Waals surface area (Å²) in [5.41, 5.74) is 0.454. The van der Waals surface area contributed by atoms with Crippen molar-refractivity contribution in [2.75, 3.05) is 0 Å². The summed E-state index contributed by atoms with van der Waals surface area (Å²) in [6.07, 6.45) is 1.60. The molecule has 3 nitrogen and oxygen atoms in total. The summed E-state index contributed by atoms with van der Waals surface area (Å²) in [6, 6.07) is 6.48. The van der Waals surface area contributed by atoms with E-state index in [4.69, 9.17) is 11.6 Å². The van der Waals surface area contributed by atoms with E-state index in [-0.39, 0.29) is 5.56 Å². The Kier molecular flexibility index (Phi) is 2.51. The van der Waals surface area contributed by atoms with E-state index in [1.54, 1.807) is 24.3 Å². The Hall–Kier alpha value is -1.68. The first-order chi connectivity index (χ1) is 7.22. The minimum Gasteiger partial charge on any atom is -0.298 e. The summed E-state index contributed by atoms with van der Waals surface area (Å²) in [7, 11) is 0. The molecule has 1 heterocycles. The fraction of sp³-hybridized carbons (Fsp3) is 0. The Morgan fingerprint density at radius 3 is 2.53 bits per heavy atom. The number of carbonyl (C=O) groups is 1. The molecule has 76 valence electrons. The molecule has 2 aromatic rings. The van der Waals surface area contributed by atoms with Crippen LogP contribution in [0.15, 0.2) is 30.5 Å². The Morgan fingerprint density at radius 1 is 1.33 bits per heavy atom. The van der Waals surface area contributed by atoms with Crippen molar-refractivity contribution in [3.63, 3.8) is 0 Å². The van der Waals surface area contributed by atoms with Gasteiger partial charge in [0.05, 0.1) is 17.4 Å². The van der Waals surface area contributed by atoms with Crippen molar-refractivity contribution >= 4 is 17.9 Å². The first-order valence-corrected chi connectivity index (χ1v) is 4.55. The van der Waals surface area contributed by atoms with E-state index in [0.717, 1.165) is 4.68 Å². The summed E-state index contributed by atoms with van der Waals surface area (Å²) < 4.78 is 14.5. The molecular weight excluding hydrogens is 219 g/mol. The second-order valence-electron chi connectivity index (χ2n) is 2.90. The van der Waals surface area contributed by atoms with Crippen LogP contribution in [0.4, 0.5) is 4.39 Å². The predicted molar refractivity (Wildman–Crippen MR) is 53.9 cm³/mol. The lowest BCUT2D eigenvalue weighted by molar-refractivity contribution is 0.111. The lowest BCUT2D eigenvalue weighted by Crippen LogP contribution is -1.99. The number of carbonyl (C=O) groups excluding carboxylic acids is 1. The fourth-order valence-corrected chi connectivity index (χ4v) is 1.31. The summed E-state index contributed by atoms with van der Waals surface area (Å²) in [4.78, 5) is 10.4. The van der Waals surface area contributed by atoms with Crippen molar-refractivity contribution in [1.82, 2.24) is 9.78 Å². The van der Waals surface area contributed by atoms with Crippen LogP contribution in [0.5, 0.6) is 0 Å².